The molecule has 0 aliphatic heterocycles. The summed E-state index contributed by atoms with van der Waals surface area (Å²) >= 11 is 10.4. The van der Waals surface area contributed by atoms with Crippen molar-refractivity contribution in [1.29, 1.82) is 0 Å². The standard InChI is InChI=1S/C17H15BrClNO3S/c1-11-3-2-4-13(7-11)20-16(21)9-24-10-17(22)23-15-6-5-12(18)8-14(15)19/h2-8H,9-10H2,1H3,(H,20,21). The van der Waals surface area contributed by atoms with E-state index < -0.39 is 5.97 Å². The minimum Gasteiger partial charge on any atom is -0.424 e. The Morgan fingerprint density at radius 1 is 1.21 bits per heavy atom. The number of aryl methyl sites for hydroxylation is 1. The monoisotopic (exact) mass is 427 g/mol. The molecule has 7 heteroatoms. The third-order valence-corrected chi connectivity index (χ3v) is 4.57. The summed E-state index contributed by atoms with van der Waals surface area (Å²) in [4.78, 5) is 23.6. The first-order valence-corrected chi connectivity index (χ1v) is 9.36. The van der Waals surface area contributed by atoms with Gasteiger partial charge in [-0.1, -0.05) is 39.7 Å². The van der Waals surface area contributed by atoms with Crippen LogP contribution in [0.3, 0.4) is 0 Å². The smallest absolute Gasteiger partial charge is 0.321 e. The van der Waals surface area contributed by atoms with Gasteiger partial charge in [-0.25, -0.2) is 0 Å². The van der Waals surface area contributed by atoms with Crippen LogP contribution in [0.4, 0.5) is 5.69 Å². The predicted octanol–water partition coefficient (Wildman–Crippen LogP) is 4.69. The molecule has 2 aromatic carbocycles. The molecule has 0 bridgehead atoms. The molecule has 2 aromatic rings. The lowest BCUT2D eigenvalue weighted by Crippen LogP contribution is -2.17. The maximum atomic E-state index is 11.8. The number of nitrogens with one attached hydrogen (secondary N) is 1. The van der Waals surface area contributed by atoms with Crippen LogP contribution in [0.5, 0.6) is 5.75 Å². The summed E-state index contributed by atoms with van der Waals surface area (Å²) in [5, 5.41) is 3.13. The first kappa shape index (κ1) is 18.8. The van der Waals surface area contributed by atoms with E-state index in [1.807, 2.05) is 31.2 Å². The predicted molar refractivity (Wildman–Crippen MR) is 102 cm³/mol. The molecule has 0 heterocycles. The molecule has 24 heavy (non-hydrogen) atoms. The van der Waals surface area contributed by atoms with Crippen molar-refractivity contribution in [2.45, 2.75) is 6.92 Å². The van der Waals surface area contributed by atoms with Gasteiger partial charge in [-0.15, -0.1) is 11.8 Å². The van der Waals surface area contributed by atoms with Crippen LogP contribution in [0.25, 0.3) is 0 Å². The van der Waals surface area contributed by atoms with Crippen molar-refractivity contribution in [3.63, 3.8) is 0 Å². The Morgan fingerprint density at radius 3 is 2.71 bits per heavy atom. The SMILES string of the molecule is Cc1cccc(NC(=O)CSCC(=O)Oc2ccc(Br)cc2Cl)c1. The number of rotatable bonds is 6. The van der Waals surface area contributed by atoms with E-state index in [2.05, 4.69) is 21.2 Å². The Hall–Kier alpha value is -1.50. The topological polar surface area (TPSA) is 55.4 Å². The lowest BCUT2D eigenvalue weighted by Gasteiger charge is -2.07. The number of carbonyl (C=O) groups is 2. The minimum absolute atomic E-state index is 0.0631. The van der Waals surface area contributed by atoms with Crippen LogP contribution in [-0.2, 0) is 9.59 Å². The number of halogens is 2. The number of carbonyl (C=O) groups excluding carboxylic acids is 2. The molecule has 2 rings (SSSR count). The van der Waals surface area contributed by atoms with E-state index in [0.717, 1.165) is 15.7 Å². The largest absolute Gasteiger partial charge is 0.424 e. The van der Waals surface area contributed by atoms with Gasteiger partial charge in [0.1, 0.15) is 5.75 Å². The van der Waals surface area contributed by atoms with Crippen molar-refractivity contribution in [2.75, 3.05) is 16.8 Å². The highest BCUT2D eigenvalue weighted by molar-refractivity contribution is 9.10. The van der Waals surface area contributed by atoms with Gasteiger partial charge in [0.15, 0.2) is 0 Å². The third-order valence-electron chi connectivity index (χ3n) is 2.87. The lowest BCUT2D eigenvalue weighted by atomic mass is 10.2. The van der Waals surface area contributed by atoms with E-state index in [1.165, 1.54) is 11.8 Å². The maximum absolute atomic E-state index is 11.8. The first-order valence-electron chi connectivity index (χ1n) is 7.04. The molecule has 1 amide bonds. The van der Waals surface area contributed by atoms with E-state index in [1.54, 1.807) is 18.2 Å². The van der Waals surface area contributed by atoms with Gasteiger partial charge in [0.25, 0.3) is 0 Å². The number of amides is 1. The molecule has 4 nitrogen and oxygen atoms in total. The fraction of sp³-hybridized carbons (Fsp3) is 0.176. The van der Waals surface area contributed by atoms with Gasteiger partial charge in [0, 0.05) is 10.2 Å². The molecule has 0 saturated carbocycles. The van der Waals surface area contributed by atoms with E-state index >= 15 is 0 Å². The molecule has 126 valence electrons. The van der Waals surface area contributed by atoms with Gasteiger partial charge in [-0.3, -0.25) is 9.59 Å². The number of esters is 1. The zero-order chi connectivity index (χ0) is 17.5. The summed E-state index contributed by atoms with van der Waals surface area (Å²) in [7, 11) is 0. The van der Waals surface area contributed by atoms with Crippen molar-refractivity contribution in [2.24, 2.45) is 0 Å². The van der Waals surface area contributed by atoms with Gasteiger partial charge < -0.3 is 10.1 Å². The second-order valence-electron chi connectivity index (χ2n) is 4.96. The zero-order valence-corrected chi connectivity index (χ0v) is 16.0. The van der Waals surface area contributed by atoms with Crippen LogP contribution in [0, 0.1) is 6.92 Å². The minimum atomic E-state index is -0.451. The van der Waals surface area contributed by atoms with Gasteiger partial charge >= 0.3 is 5.97 Å². The summed E-state index contributed by atoms with van der Waals surface area (Å²) < 4.78 is 5.97. The molecule has 0 unspecified atom stereocenters. The quantitative estimate of drug-likeness (QED) is 0.536. The highest BCUT2D eigenvalue weighted by Gasteiger charge is 2.10. The molecule has 0 aliphatic carbocycles. The number of thioether (sulfide) groups is 1. The molecule has 0 aliphatic rings. The highest BCUT2D eigenvalue weighted by Crippen LogP contribution is 2.28. The number of anilines is 1. The number of hydrogen-bond donors (Lipinski definition) is 1. The van der Waals surface area contributed by atoms with Gasteiger partial charge in [-0.05, 0) is 42.8 Å². The van der Waals surface area contributed by atoms with Crippen molar-refractivity contribution >= 4 is 56.9 Å². The maximum Gasteiger partial charge on any atom is 0.321 e. The Balaban J connectivity index is 1.75. The van der Waals surface area contributed by atoms with Crippen molar-refractivity contribution in [1.82, 2.24) is 0 Å². The zero-order valence-electron chi connectivity index (χ0n) is 12.8. The number of hydrogen-bond acceptors (Lipinski definition) is 4. The van der Waals surface area contributed by atoms with Crippen LogP contribution in [0.1, 0.15) is 5.56 Å². The molecule has 0 radical (unpaired) electrons. The van der Waals surface area contributed by atoms with E-state index in [0.29, 0.717) is 10.8 Å². The molecular weight excluding hydrogens is 414 g/mol. The number of ether oxygens (including phenoxy) is 1. The lowest BCUT2D eigenvalue weighted by molar-refractivity contribution is -0.131. The second-order valence-corrected chi connectivity index (χ2v) is 7.27. The van der Waals surface area contributed by atoms with E-state index in [4.69, 9.17) is 16.3 Å². The highest BCUT2D eigenvalue weighted by atomic mass is 79.9. The van der Waals surface area contributed by atoms with Gasteiger partial charge in [-0.2, -0.15) is 0 Å². The fourth-order valence-electron chi connectivity index (χ4n) is 1.86. The molecule has 0 saturated heterocycles. The molecular formula is C17H15BrClNO3S. The Labute approximate surface area is 158 Å². The first-order chi connectivity index (χ1) is 11.4. The van der Waals surface area contributed by atoms with Gasteiger partial charge in [0.05, 0.1) is 16.5 Å². The molecule has 0 aromatic heterocycles. The van der Waals surface area contributed by atoms with Crippen LogP contribution < -0.4 is 10.1 Å². The third kappa shape index (κ3) is 6.19. The fourth-order valence-corrected chi connectivity index (χ4v) is 3.15. The summed E-state index contributed by atoms with van der Waals surface area (Å²) in [6.07, 6.45) is 0. The average molecular weight is 429 g/mol. The average Bonchev–Trinajstić information content (AvgIpc) is 2.50. The van der Waals surface area contributed by atoms with Crippen LogP contribution in [-0.4, -0.2) is 23.4 Å². The molecule has 0 spiro atoms. The van der Waals surface area contributed by atoms with E-state index in [9.17, 15) is 9.59 Å². The number of benzene rings is 2. The summed E-state index contributed by atoms with van der Waals surface area (Å²) in [6.45, 7) is 1.95. The Bertz CT molecular complexity index is 754. The molecule has 0 fully saturated rings. The van der Waals surface area contributed by atoms with E-state index in [-0.39, 0.29) is 17.4 Å². The Morgan fingerprint density at radius 2 is 2.00 bits per heavy atom. The molecule has 1 N–H and O–H groups in total. The van der Waals surface area contributed by atoms with Crippen molar-refractivity contribution < 1.29 is 14.3 Å². The van der Waals surface area contributed by atoms with Crippen LogP contribution in [0.2, 0.25) is 5.02 Å². The summed E-state index contributed by atoms with van der Waals surface area (Å²) in [5.41, 5.74) is 1.81. The van der Waals surface area contributed by atoms with Crippen LogP contribution >= 0.6 is 39.3 Å². The summed E-state index contributed by atoms with van der Waals surface area (Å²) in [5.74, 6) is -0.0904. The summed E-state index contributed by atoms with van der Waals surface area (Å²) in [6, 6.07) is 12.5. The van der Waals surface area contributed by atoms with Crippen LogP contribution in [0.15, 0.2) is 46.9 Å². The van der Waals surface area contributed by atoms with Crippen molar-refractivity contribution in [3.05, 3.63) is 57.5 Å². The van der Waals surface area contributed by atoms with Gasteiger partial charge in [0.2, 0.25) is 5.91 Å². The molecule has 0 atom stereocenters. The second kappa shape index (κ2) is 9.11. The van der Waals surface area contributed by atoms with Crippen molar-refractivity contribution in [3.8, 4) is 5.75 Å². The normalized spacial score (nSPS) is 10.3. The Kier molecular flexibility index (Phi) is 7.15.